The Morgan fingerprint density at radius 1 is 0.875 bits per heavy atom. The van der Waals surface area contributed by atoms with Crippen LogP contribution in [0.5, 0.6) is 0 Å². The molecule has 1 amide bonds. The molecule has 0 saturated carbocycles. The Bertz CT molecular complexity index is 796. The molecule has 0 aliphatic heterocycles. The number of benzene rings is 3. The number of hydrogen-bond donors (Lipinski definition) is 1. The van der Waals surface area contributed by atoms with Gasteiger partial charge in [-0.1, -0.05) is 48.0 Å². The summed E-state index contributed by atoms with van der Waals surface area (Å²) in [7, 11) is 0. The molecule has 120 valence electrons. The molecule has 0 radical (unpaired) electrons. The van der Waals surface area contributed by atoms with Gasteiger partial charge in [0.15, 0.2) is 0 Å². The van der Waals surface area contributed by atoms with Crippen LogP contribution in [0.4, 0.5) is 5.69 Å². The fourth-order valence-electron chi connectivity index (χ4n) is 2.28. The minimum absolute atomic E-state index is 0.0858. The van der Waals surface area contributed by atoms with E-state index in [2.05, 4.69) is 48.6 Å². The summed E-state index contributed by atoms with van der Waals surface area (Å²) in [5.41, 5.74) is 3.99. The van der Waals surface area contributed by atoms with Crippen molar-refractivity contribution in [1.82, 2.24) is 0 Å². The van der Waals surface area contributed by atoms with Crippen molar-refractivity contribution in [2.45, 2.75) is 17.6 Å². The number of anilines is 1. The molecule has 3 aromatic carbocycles. The summed E-state index contributed by atoms with van der Waals surface area (Å²) >= 11 is 1.81. The third-order valence-electron chi connectivity index (χ3n) is 3.67. The number of thioether (sulfide) groups is 1. The number of amides is 1. The van der Waals surface area contributed by atoms with Crippen LogP contribution in [-0.2, 0) is 5.75 Å². The van der Waals surface area contributed by atoms with E-state index in [9.17, 15) is 4.79 Å². The Morgan fingerprint density at radius 3 is 2.21 bits per heavy atom. The summed E-state index contributed by atoms with van der Waals surface area (Å²) in [5.74, 6) is 0.827. The van der Waals surface area contributed by atoms with Crippen LogP contribution >= 0.6 is 11.8 Å². The fourth-order valence-corrected chi connectivity index (χ4v) is 3.13. The van der Waals surface area contributed by atoms with E-state index in [0.29, 0.717) is 5.56 Å². The van der Waals surface area contributed by atoms with E-state index >= 15 is 0 Å². The highest BCUT2D eigenvalue weighted by Crippen LogP contribution is 2.23. The fraction of sp³-hybridized carbons (Fsp3) is 0.0952. The number of rotatable bonds is 5. The second-order valence-electron chi connectivity index (χ2n) is 5.62. The highest BCUT2D eigenvalue weighted by Gasteiger charge is 2.05. The minimum atomic E-state index is -0.0858. The van der Waals surface area contributed by atoms with Gasteiger partial charge in [-0.25, -0.2) is 0 Å². The van der Waals surface area contributed by atoms with Gasteiger partial charge in [0, 0.05) is 21.9 Å². The van der Waals surface area contributed by atoms with E-state index in [4.69, 9.17) is 0 Å². The average molecular weight is 333 g/mol. The number of carbonyl (C=O) groups is 1. The van der Waals surface area contributed by atoms with Crippen LogP contribution in [0.3, 0.4) is 0 Å². The zero-order valence-corrected chi connectivity index (χ0v) is 14.3. The third-order valence-corrected chi connectivity index (χ3v) is 4.76. The maximum Gasteiger partial charge on any atom is 0.255 e. The van der Waals surface area contributed by atoms with Gasteiger partial charge in [-0.2, -0.15) is 0 Å². The number of nitrogens with one attached hydrogen (secondary N) is 1. The zero-order valence-electron chi connectivity index (χ0n) is 13.5. The minimum Gasteiger partial charge on any atom is -0.322 e. The van der Waals surface area contributed by atoms with Gasteiger partial charge in [0.1, 0.15) is 0 Å². The predicted molar refractivity (Wildman–Crippen MR) is 102 cm³/mol. The second-order valence-corrected chi connectivity index (χ2v) is 6.67. The predicted octanol–water partition coefficient (Wildman–Crippen LogP) is 5.54. The molecule has 0 aromatic heterocycles. The van der Waals surface area contributed by atoms with Gasteiger partial charge in [0.25, 0.3) is 5.91 Å². The molecule has 3 rings (SSSR count). The highest BCUT2D eigenvalue weighted by molar-refractivity contribution is 7.98. The third kappa shape index (κ3) is 4.49. The normalized spacial score (nSPS) is 10.4. The SMILES string of the molecule is Cc1ccc(SCc2ccc(NC(=O)c3ccccc3)cc2)cc1. The molecule has 0 aliphatic carbocycles. The zero-order chi connectivity index (χ0) is 16.8. The molecule has 1 N–H and O–H groups in total. The van der Waals surface area contributed by atoms with E-state index in [-0.39, 0.29) is 5.91 Å². The van der Waals surface area contributed by atoms with Crippen LogP contribution in [0.25, 0.3) is 0 Å². The van der Waals surface area contributed by atoms with Crippen LogP contribution in [-0.4, -0.2) is 5.91 Å². The van der Waals surface area contributed by atoms with Gasteiger partial charge < -0.3 is 5.32 Å². The van der Waals surface area contributed by atoms with Crippen molar-refractivity contribution < 1.29 is 4.79 Å². The largest absolute Gasteiger partial charge is 0.322 e. The maximum atomic E-state index is 12.1. The summed E-state index contributed by atoms with van der Waals surface area (Å²) in [5, 5.41) is 2.92. The second kappa shape index (κ2) is 7.84. The van der Waals surface area contributed by atoms with Crippen LogP contribution in [0, 0.1) is 6.92 Å². The molecule has 3 aromatic rings. The van der Waals surface area contributed by atoms with E-state index in [0.717, 1.165) is 11.4 Å². The standard InChI is InChI=1S/C21H19NOS/c1-16-7-13-20(14-8-16)24-15-17-9-11-19(12-10-17)22-21(23)18-5-3-2-4-6-18/h2-14H,15H2,1H3,(H,22,23). The van der Waals surface area contributed by atoms with Crippen molar-refractivity contribution in [3.8, 4) is 0 Å². The first kappa shape index (κ1) is 16.3. The highest BCUT2D eigenvalue weighted by atomic mass is 32.2. The Kier molecular flexibility index (Phi) is 5.34. The molecule has 0 saturated heterocycles. The van der Waals surface area contributed by atoms with Crippen molar-refractivity contribution in [3.05, 3.63) is 95.6 Å². The lowest BCUT2D eigenvalue weighted by atomic mass is 10.2. The van der Waals surface area contributed by atoms with Crippen molar-refractivity contribution >= 4 is 23.4 Å². The average Bonchev–Trinajstić information content (AvgIpc) is 2.63. The van der Waals surface area contributed by atoms with Gasteiger partial charge in [0.05, 0.1) is 0 Å². The number of hydrogen-bond acceptors (Lipinski definition) is 2. The molecule has 0 heterocycles. The van der Waals surface area contributed by atoms with Crippen LogP contribution in [0.15, 0.2) is 83.8 Å². The van der Waals surface area contributed by atoms with Crippen LogP contribution in [0.2, 0.25) is 0 Å². The lowest BCUT2D eigenvalue weighted by Gasteiger charge is -2.07. The first-order valence-corrected chi connectivity index (χ1v) is 8.84. The molecular formula is C21H19NOS. The van der Waals surface area contributed by atoms with Crippen molar-refractivity contribution in [2.24, 2.45) is 0 Å². The van der Waals surface area contributed by atoms with Gasteiger partial charge >= 0.3 is 0 Å². The van der Waals surface area contributed by atoms with E-state index < -0.39 is 0 Å². The monoisotopic (exact) mass is 333 g/mol. The number of carbonyl (C=O) groups excluding carboxylic acids is 1. The summed E-state index contributed by atoms with van der Waals surface area (Å²) in [6.07, 6.45) is 0. The summed E-state index contributed by atoms with van der Waals surface area (Å²) < 4.78 is 0. The van der Waals surface area contributed by atoms with Gasteiger partial charge in [-0.15, -0.1) is 11.8 Å². The first-order chi connectivity index (χ1) is 11.7. The smallest absolute Gasteiger partial charge is 0.255 e. The Labute approximate surface area is 146 Å². The van der Waals surface area contributed by atoms with Gasteiger partial charge in [-0.3, -0.25) is 4.79 Å². The molecular weight excluding hydrogens is 314 g/mol. The molecule has 2 nitrogen and oxygen atoms in total. The number of aryl methyl sites for hydroxylation is 1. The lowest BCUT2D eigenvalue weighted by molar-refractivity contribution is 0.102. The molecule has 0 unspecified atom stereocenters. The van der Waals surface area contributed by atoms with E-state index in [1.165, 1.54) is 16.0 Å². The van der Waals surface area contributed by atoms with Gasteiger partial charge in [0.2, 0.25) is 0 Å². The van der Waals surface area contributed by atoms with E-state index in [1.54, 1.807) is 0 Å². The summed E-state index contributed by atoms with van der Waals surface area (Å²) in [6.45, 7) is 2.09. The molecule has 0 atom stereocenters. The van der Waals surface area contributed by atoms with Gasteiger partial charge in [-0.05, 0) is 48.9 Å². The molecule has 0 fully saturated rings. The Morgan fingerprint density at radius 2 is 1.54 bits per heavy atom. The van der Waals surface area contributed by atoms with Crippen molar-refractivity contribution in [2.75, 3.05) is 5.32 Å². The van der Waals surface area contributed by atoms with E-state index in [1.807, 2.05) is 54.2 Å². The molecule has 0 bridgehead atoms. The van der Waals surface area contributed by atoms with Crippen molar-refractivity contribution in [3.63, 3.8) is 0 Å². The summed E-state index contributed by atoms with van der Waals surface area (Å²) in [4.78, 5) is 13.4. The first-order valence-electron chi connectivity index (χ1n) is 7.85. The Balaban J connectivity index is 1.57. The Hall–Kier alpha value is -2.52. The molecule has 0 aliphatic rings. The maximum absolute atomic E-state index is 12.1. The quantitative estimate of drug-likeness (QED) is 0.621. The van der Waals surface area contributed by atoms with Crippen LogP contribution < -0.4 is 5.32 Å². The molecule has 24 heavy (non-hydrogen) atoms. The molecule has 0 spiro atoms. The topological polar surface area (TPSA) is 29.1 Å². The van der Waals surface area contributed by atoms with Crippen molar-refractivity contribution in [1.29, 1.82) is 0 Å². The van der Waals surface area contributed by atoms with Crippen LogP contribution in [0.1, 0.15) is 21.5 Å². The molecule has 3 heteroatoms. The lowest BCUT2D eigenvalue weighted by Crippen LogP contribution is -2.11. The summed E-state index contributed by atoms with van der Waals surface area (Å²) in [6, 6.07) is 25.8.